The number of hydrogen-bond acceptors (Lipinski definition) is 3. The van der Waals surface area contributed by atoms with E-state index >= 15 is 0 Å². The second-order valence-corrected chi connectivity index (χ2v) is 3.91. The summed E-state index contributed by atoms with van der Waals surface area (Å²) in [6, 6.07) is 4.95. The zero-order chi connectivity index (χ0) is 14.2. The van der Waals surface area contributed by atoms with E-state index < -0.39 is 17.8 Å². The van der Waals surface area contributed by atoms with Gasteiger partial charge in [-0.15, -0.1) is 0 Å². The Balaban J connectivity index is 2.45. The van der Waals surface area contributed by atoms with Crippen LogP contribution in [-0.4, -0.2) is 16.2 Å². The van der Waals surface area contributed by atoms with Crippen molar-refractivity contribution in [3.63, 3.8) is 0 Å². The van der Waals surface area contributed by atoms with Gasteiger partial charge in [0.05, 0.1) is 5.56 Å². The van der Waals surface area contributed by atoms with E-state index in [1.807, 2.05) is 0 Å². The number of aryl methyl sites for hydroxylation is 1. The molecule has 0 atom stereocenters. The molecule has 0 aliphatic rings. The predicted octanol–water partition coefficient (Wildman–Crippen LogP) is 3.37. The van der Waals surface area contributed by atoms with E-state index in [1.54, 1.807) is 6.92 Å². The van der Waals surface area contributed by atoms with Crippen LogP contribution in [0.4, 0.5) is 13.2 Å². The first kappa shape index (κ1) is 13.1. The van der Waals surface area contributed by atoms with Crippen LogP contribution in [0.3, 0.4) is 0 Å². The van der Waals surface area contributed by atoms with Crippen molar-refractivity contribution in [3.05, 3.63) is 41.1 Å². The van der Waals surface area contributed by atoms with Gasteiger partial charge in [-0.3, -0.25) is 0 Å². The van der Waals surface area contributed by atoms with Gasteiger partial charge in [-0.1, -0.05) is 17.3 Å². The fourth-order valence-electron chi connectivity index (χ4n) is 1.55. The first-order valence-corrected chi connectivity index (χ1v) is 5.17. The summed E-state index contributed by atoms with van der Waals surface area (Å²) in [6.07, 6.45) is -4.60. The first-order chi connectivity index (χ1) is 8.79. The molecule has 1 aromatic carbocycles. The van der Waals surface area contributed by atoms with Crippen molar-refractivity contribution in [1.29, 1.82) is 0 Å². The van der Waals surface area contributed by atoms with Crippen molar-refractivity contribution in [2.75, 3.05) is 0 Å². The molecule has 1 heterocycles. The summed E-state index contributed by atoms with van der Waals surface area (Å²) in [5, 5.41) is 11.9. The normalized spacial score (nSPS) is 11.6. The molecule has 0 unspecified atom stereocenters. The summed E-state index contributed by atoms with van der Waals surface area (Å²) < 4.78 is 41.7. The Morgan fingerprint density at radius 1 is 1.32 bits per heavy atom. The number of aromatic nitrogens is 1. The molecule has 2 aromatic rings. The number of halogens is 3. The van der Waals surface area contributed by atoms with E-state index in [1.165, 1.54) is 18.2 Å². The van der Waals surface area contributed by atoms with Gasteiger partial charge < -0.3 is 9.63 Å². The van der Waals surface area contributed by atoms with Gasteiger partial charge in [-0.2, -0.15) is 13.2 Å². The van der Waals surface area contributed by atoms with Crippen molar-refractivity contribution in [3.8, 4) is 11.3 Å². The highest BCUT2D eigenvalue weighted by Crippen LogP contribution is 2.32. The minimum absolute atomic E-state index is 0.00228. The number of carbonyl (C=O) groups is 1. The summed E-state index contributed by atoms with van der Waals surface area (Å²) in [7, 11) is 0. The van der Waals surface area contributed by atoms with Crippen LogP contribution >= 0.6 is 0 Å². The van der Waals surface area contributed by atoms with Gasteiger partial charge in [0.25, 0.3) is 0 Å². The fourth-order valence-corrected chi connectivity index (χ4v) is 1.55. The largest absolute Gasteiger partial charge is 0.478 e. The Bertz CT molecular complexity index is 631. The van der Waals surface area contributed by atoms with Crippen LogP contribution in [0.1, 0.15) is 21.6 Å². The topological polar surface area (TPSA) is 63.3 Å². The van der Waals surface area contributed by atoms with Crippen molar-refractivity contribution in [2.24, 2.45) is 0 Å². The molecule has 0 fully saturated rings. The van der Waals surface area contributed by atoms with Gasteiger partial charge >= 0.3 is 12.1 Å². The zero-order valence-corrected chi connectivity index (χ0v) is 9.65. The molecule has 100 valence electrons. The maximum Gasteiger partial charge on any atom is 0.436 e. The molecule has 4 nitrogen and oxygen atoms in total. The standard InChI is InChI=1S/C12H8F3NO3/c1-6-2-3-7(4-8(6)11(17)18)9-5-10(16-19-9)12(13,14)15/h2-5H,1H3,(H,17,18). The smallest absolute Gasteiger partial charge is 0.436 e. The minimum Gasteiger partial charge on any atom is -0.478 e. The third kappa shape index (κ3) is 2.59. The molecule has 7 heteroatoms. The van der Waals surface area contributed by atoms with Crippen LogP contribution in [0.2, 0.25) is 0 Å². The van der Waals surface area contributed by atoms with Gasteiger partial charge in [0.2, 0.25) is 0 Å². The summed E-state index contributed by atoms with van der Waals surface area (Å²) in [5.41, 5.74) is -0.416. The molecule has 1 aromatic heterocycles. The lowest BCUT2D eigenvalue weighted by Crippen LogP contribution is -2.04. The Morgan fingerprint density at radius 2 is 2.00 bits per heavy atom. The average molecular weight is 271 g/mol. The lowest BCUT2D eigenvalue weighted by molar-refractivity contribution is -0.142. The minimum atomic E-state index is -4.60. The highest BCUT2D eigenvalue weighted by atomic mass is 19.4. The van der Waals surface area contributed by atoms with Gasteiger partial charge in [-0.25, -0.2) is 4.79 Å². The molecule has 0 saturated carbocycles. The highest BCUT2D eigenvalue weighted by molar-refractivity contribution is 5.90. The number of hydrogen-bond donors (Lipinski definition) is 1. The molecule has 0 bridgehead atoms. The summed E-state index contributed by atoms with van der Waals surface area (Å²) in [5.74, 6) is -1.29. The third-order valence-electron chi connectivity index (χ3n) is 2.55. The molecule has 0 saturated heterocycles. The lowest BCUT2D eigenvalue weighted by atomic mass is 10.0. The molecular formula is C12H8F3NO3. The number of carboxylic acids is 1. The Hall–Kier alpha value is -2.31. The summed E-state index contributed by atoms with van der Waals surface area (Å²) in [4.78, 5) is 10.9. The maximum absolute atomic E-state index is 12.4. The average Bonchev–Trinajstić information content (AvgIpc) is 2.78. The van der Waals surface area contributed by atoms with Crippen LogP contribution in [0.5, 0.6) is 0 Å². The number of carboxylic acid groups (broad SMARTS) is 1. The second kappa shape index (κ2) is 4.42. The molecule has 0 radical (unpaired) electrons. The third-order valence-corrected chi connectivity index (χ3v) is 2.55. The Kier molecular flexibility index (Phi) is 3.05. The van der Waals surface area contributed by atoms with E-state index in [0.717, 1.165) is 6.07 Å². The van der Waals surface area contributed by atoms with Gasteiger partial charge in [0.15, 0.2) is 11.5 Å². The van der Waals surface area contributed by atoms with Crippen LogP contribution in [0, 0.1) is 6.92 Å². The number of rotatable bonds is 2. The van der Waals surface area contributed by atoms with E-state index in [0.29, 0.717) is 5.56 Å². The van der Waals surface area contributed by atoms with Crippen LogP contribution in [0.15, 0.2) is 28.8 Å². The Morgan fingerprint density at radius 3 is 2.53 bits per heavy atom. The van der Waals surface area contributed by atoms with Crippen molar-refractivity contribution < 1.29 is 27.6 Å². The molecule has 0 amide bonds. The van der Waals surface area contributed by atoms with Crippen molar-refractivity contribution >= 4 is 5.97 Å². The quantitative estimate of drug-likeness (QED) is 0.909. The molecule has 19 heavy (non-hydrogen) atoms. The number of nitrogens with zero attached hydrogens (tertiary/aromatic N) is 1. The van der Waals surface area contributed by atoms with Crippen molar-refractivity contribution in [2.45, 2.75) is 13.1 Å². The van der Waals surface area contributed by atoms with Gasteiger partial charge in [0, 0.05) is 11.6 Å². The van der Waals surface area contributed by atoms with E-state index in [4.69, 9.17) is 5.11 Å². The number of benzene rings is 1. The molecule has 0 aliphatic heterocycles. The van der Waals surface area contributed by atoms with E-state index in [9.17, 15) is 18.0 Å². The summed E-state index contributed by atoms with van der Waals surface area (Å²) >= 11 is 0. The second-order valence-electron chi connectivity index (χ2n) is 3.91. The maximum atomic E-state index is 12.4. The zero-order valence-electron chi connectivity index (χ0n) is 9.65. The van der Waals surface area contributed by atoms with Gasteiger partial charge in [-0.05, 0) is 18.6 Å². The highest BCUT2D eigenvalue weighted by Gasteiger charge is 2.35. The fraction of sp³-hybridized carbons (Fsp3) is 0.167. The van der Waals surface area contributed by atoms with E-state index in [2.05, 4.69) is 9.68 Å². The molecule has 0 aliphatic carbocycles. The van der Waals surface area contributed by atoms with Crippen LogP contribution in [0.25, 0.3) is 11.3 Å². The molecule has 1 N–H and O–H groups in total. The van der Waals surface area contributed by atoms with Crippen LogP contribution in [-0.2, 0) is 6.18 Å². The van der Waals surface area contributed by atoms with E-state index in [-0.39, 0.29) is 16.9 Å². The molecule has 2 rings (SSSR count). The summed E-state index contributed by atoms with van der Waals surface area (Å²) in [6.45, 7) is 1.59. The Labute approximate surface area is 105 Å². The predicted molar refractivity (Wildman–Crippen MR) is 58.6 cm³/mol. The first-order valence-electron chi connectivity index (χ1n) is 5.17. The van der Waals surface area contributed by atoms with Gasteiger partial charge in [0.1, 0.15) is 0 Å². The monoisotopic (exact) mass is 271 g/mol. The molecular weight excluding hydrogens is 263 g/mol. The number of aromatic carboxylic acids is 1. The molecule has 0 spiro atoms. The SMILES string of the molecule is Cc1ccc(-c2cc(C(F)(F)F)no2)cc1C(=O)O. The van der Waals surface area contributed by atoms with Crippen LogP contribution < -0.4 is 0 Å². The number of alkyl halides is 3. The van der Waals surface area contributed by atoms with Crippen molar-refractivity contribution in [1.82, 2.24) is 5.16 Å². The lowest BCUT2D eigenvalue weighted by Gasteiger charge is -2.02.